The van der Waals surface area contributed by atoms with E-state index < -0.39 is 0 Å². The van der Waals surface area contributed by atoms with Crippen LogP contribution in [0.3, 0.4) is 0 Å². The van der Waals surface area contributed by atoms with Crippen LogP contribution in [0.4, 0.5) is 5.95 Å². The number of H-pyrrole nitrogens is 1. The summed E-state index contributed by atoms with van der Waals surface area (Å²) >= 11 is 0. The highest BCUT2D eigenvalue weighted by atomic mass is 16.1. The Bertz CT molecular complexity index is 636. The van der Waals surface area contributed by atoms with Crippen molar-refractivity contribution in [1.29, 1.82) is 0 Å². The summed E-state index contributed by atoms with van der Waals surface area (Å²) in [4.78, 5) is 23.1. The first kappa shape index (κ1) is 12.2. The third-order valence-corrected chi connectivity index (χ3v) is 3.59. The summed E-state index contributed by atoms with van der Waals surface area (Å²) in [5.74, 6) is 1.45. The van der Waals surface area contributed by atoms with Crippen molar-refractivity contribution in [2.45, 2.75) is 39.0 Å². The maximum absolute atomic E-state index is 12.0. The maximum atomic E-state index is 12.0. The average Bonchev–Trinajstić information content (AvgIpc) is 2.84. The minimum Gasteiger partial charge on any atom is -0.341 e. The van der Waals surface area contributed by atoms with Crippen LogP contribution in [-0.4, -0.2) is 32.7 Å². The van der Waals surface area contributed by atoms with Crippen molar-refractivity contribution in [3.8, 4) is 0 Å². The first-order chi connectivity index (χ1) is 9.15. The molecule has 0 unspecified atom stereocenters. The Morgan fingerprint density at radius 3 is 2.63 bits per heavy atom. The Hall–Kier alpha value is -1.85. The standard InChI is InChI=1S/C13H19N5O/c1-9(2)10-8-11(19)18-12(14-10)15-13(16-18)17-6-4-3-5-7-17/h8-9H,3-7H2,1-2H3,(H,14,15,16). The van der Waals surface area contributed by atoms with Gasteiger partial charge in [0.1, 0.15) is 0 Å². The van der Waals surface area contributed by atoms with Gasteiger partial charge in [0.05, 0.1) is 5.69 Å². The van der Waals surface area contributed by atoms with Gasteiger partial charge in [-0.2, -0.15) is 9.50 Å². The molecule has 2 aromatic rings. The number of fused-ring (bicyclic) bond motifs is 1. The number of aromatic nitrogens is 4. The zero-order valence-corrected chi connectivity index (χ0v) is 11.4. The lowest BCUT2D eigenvalue weighted by atomic mass is 10.1. The molecule has 0 bridgehead atoms. The van der Waals surface area contributed by atoms with Gasteiger partial charge in [0.25, 0.3) is 11.3 Å². The maximum Gasteiger partial charge on any atom is 0.274 e. The predicted molar refractivity (Wildman–Crippen MR) is 73.8 cm³/mol. The molecule has 3 rings (SSSR count). The molecule has 1 aliphatic rings. The van der Waals surface area contributed by atoms with Crippen molar-refractivity contribution in [3.05, 3.63) is 22.1 Å². The van der Waals surface area contributed by atoms with Crippen LogP contribution in [0.2, 0.25) is 0 Å². The molecule has 1 N–H and O–H groups in total. The van der Waals surface area contributed by atoms with Crippen LogP contribution in [0.15, 0.2) is 10.9 Å². The van der Waals surface area contributed by atoms with Crippen LogP contribution in [-0.2, 0) is 0 Å². The SMILES string of the molecule is CC(C)c1cc(=O)n2[nH]c(N3CCCCC3)nc2n1. The highest BCUT2D eigenvalue weighted by Crippen LogP contribution is 2.16. The van der Waals surface area contributed by atoms with Crippen molar-refractivity contribution in [2.24, 2.45) is 0 Å². The molecule has 2 aromatic heterocycles. The number of nitrogens with one attached hydrogen (secondary N) is 1. The Labute approximate surface area is 111 Å². The van der Waals surface area contributed by atoms with Crippen molar-refractivity contribution >= 4 is 11.7 Å². The molecule has 0 atom stereocenters. The van der Waals surface area contributed by atoms with Crippen molar-refractivity contribution < 1.29 is 0 Å². The van der Waals surface area contributed by atoms with E-state index in [0.717, 1.165) is 24.7 Å². The molecule has 0 radical (unpaired) electrons. The largest absolute Gasteiger partial charge is 0.341 e. The molecule has 3 heterocycles. The third-order valence-electron chi connectivity index (χ3n) is 3.59. The quantitative estimate of drug-likeness (QED) is 0.890. The second-order valence-electron chi connectivity index (χ2n) is 5.40. The van der Waals surface area contributed by atoms with Crippen molar-refractivity contribution in [1.82, 2.24) is 19.6 Å². The molecule has 6 heteroatoms. The molecule has 0 saturated carbocycles. The summed E-state index contributed by atoms with van der Waals surface area (Å²) in [6.45, 7) is 6.03. The van der Waals surface area contributed by atoms with Gasteiger partial charge < -0.3 is 4.90 Å². The lowest BCUT2D eigenvalue weighted by Crippen LogP contribution is -2.30. The number of hydrogen-bond donors (Lipinski definition) is 1. The van der Waals surface area contributed by atoms with Gasteiger partial charge in [0.2, 0.25) is 5.95 Å². The van der Waals surface area contributed by atoms with E-state index in [1.807, 2.05) is 13.8 Å². The van der Waals surface area contributed by atoms with E-state index in [1.54, 1.807) is 6.07 Å². The summed E-state index contributed by atoms with van der Waals surface area (Å²) in [5.41, 5.74) is 0.700. The molecule has 0 spiro atoms. The topological polar surface area (TPSA) is 66.3 Å². The summed E-state index contributed by atoms with van der Waals surface area (Å²) in [6, 6.07) is 1.58. The van der Waals surface area contributed by atoms with E-state index in [2.05, 4.69) is 20.0 Å². The molecule has 0 aliphatic carbocycles. The zero-order chi connectivity index (χ0) is 13.4. The highest BCUT2D eigenvalue weighted by Gasteiger charge is 2.16. The normalized spacial score (nSPS) is 16.5. The van der Waals surface area contributed by atoms with Gasteiger partial charge in [-0.1, -0.05) is 13.8 Å². The van der Waals surface area contributed by atoms with Gasteiger partial charge in [0.15, 0.2) is 0 Å². The number of piperidine rings is 1. The lowest BCUT2D eigenvalue weighted by Gasteiger charge is -2.25. The highest BCUT2D eigenvalue weighted by molar-refractivity contribution is 5.40. The van der Waals surface area contributed by atoms with Crippen LogP contribution in [0.5, 0.6) is 0 Å². The number of nitrogens with zero attached hydrogens (tertiary/aromatic N) is 4. The third kappa shape index (κ3) is 2.22. The molecular formula is C13H19N5O. The first-order valence-corrected chi connectivity index (χ1v) is 6.90. The minimum absolute atomic E-state index is 0.0931. The van der Waals surface area contributed by atoms with Gasteiger partial charge in [-0.05, 0) is 25.2 Å². The average molecular weight is 261 g/mol. The van der Waals surface area contributed by atoms with Crippen LogP contribution in [0.1, 0.15) is 44.7 Å². The zero-order valence-electron chi connectivity index (χ0n) is 11.4. The Morgan fingerprint density at radius 2 is 1.95 bits per heavy atom. The molecular weight excluding hydrogens is 242 g/mol. The monoisotopic (exact) mass is 261 g/mol. The molecule has 1 saturated heterocycles. The second-order valence-corrected chi connectivity index (χ2v) is 5.40. The minimum atomic E-state index is -0.0931. The van der Waals surface area contributed by atoms with Crippen LogP contribution in [0, 0.1) is 0 Å². The summed E-state index contributed by atoms with van der Waals surface area (Å²) < 4.78 is 1.43. The van der Waals surface area contributed by atoms with Gasteiger partial charge in [-0.3, -0.25) is 9.89 Å². The molecule has 19 heavy (non-hydrogen) atoms. The lowest BCUT2D eigenvalue weighted by molar-refractivity contribution is 0.568. The van der Waals surface area contributed by atoms with Crippen molar-refractivity contribution in [3.63, 3.8) is 0 Å². The second kappa shape index (κ2) is 4.68. The Kier molecular flexibility index (Phi) is 3.00. The molecule has 1 aliphatic heterocycles. The van der Waals surface area contributed by atoms with Gasteiger partial charge in [0, 0.05) is 19.2 Å². The van der Waals surface area contributed by atoms with Crippen LogP contribution in [0.25, 0.3) is 5.78 Å². The summed E-state index contributed by atoms with van der Waals surface area (Å²) in [7, 11) is 0. The van der Waals surface area contributed by atoms with Gasteiger partial charge in [-0.25, -0.2) is 4.98 Å². The summed E-state index contributed by atoms with van der Waals surface area (Å²) in [5, 5.41) is 3.06. The van der Waals surface area contributed by atoms with Crippen LogP contribution >= 0.6 is 0 Å². The van der Waals surface area contributed by atoms with Crippen LogP contribution < -0.4 is 10.5 Å². The van der Waals surface area contributed by atoms with E-state index in [1.165, 1.54) is 23.8 Å². The molecule has 1 fully saturated rings. The number of hydrogen-bond acceptors (Lipinski definition) is 4. The van der Waals surface area contributed by atoms with E-state index in [9.17, 15) is 4.79 Å². The number of anilines is 1. The first-order valence-electron chi connectivity index (χ1n) is 6.90. The van der Waals surface area contributed by atoms with Gasteiger partial charge in [-0.15, -0.1) is 0 Å². The van der Waals surface area contributed by atoms with E-state index in [-0.39, 0.29) is 11.5 Å². The summed E-state index contributed by atoms with van der Waals surface area (Å²) in [6.07, 6.45) is 3.62. The van der Waals surface area contributed by atoms with E-state index in [4.69, 9.17) is 0 Å². The molecule has 6 nitrogen and oxygen atoms in total. The molecule has 0 amide bonds. The van der Waals surface area contributed by atoms with E-state index >= 15 is 0 Å². The molecule has 0 aromatic carbocycles. The predicted octanol–water partition coefficient (Wildman–Crippen LogP) is 1.53. The van der Waals surface area contributed by atoms with Gasteiger partial charge >= 0.3 is 0 Å². The fraction of sp³-hybridized carbons (Fsp3) is 0.615. The number of rotatable bonds is 2. The molecule has 102 valence electrons. The Morgan fingerprint density at radius 1 is 1.21 bits per heavy atom. The van der Waals surface area contributed by atoms with Crippen molar-refractivity contribution in [2.75, 3.05) is 18.0 Å². The smallest absolute Gasteiger partial charge is 0.274 e. The number of aromatic amines is 1. The fourth-order valence-electron chi connectivity index (χ4n) is 2.43. The fourth-order valence-corrected chi connectivity index (χ4v) is 2.43. The van der Waals surface area contributed by atoms with E-state index in [0.29, 0.717) is 5.78 Å². The Balaban J connectivity index is 2.04.